The van der Waals surface area contributed by atoms with Gasteiger partial charge in [0.15, 0.2) is 0 Å². The molecule has 10 heteroatoms. The van der Waals surface area contributed by atoms with E-state index in [0.717, 1.165) is 0 Å². The van der Waals surface area contributed by atoms with Crippen LogP contribution in [0.1, 0.15) is 37.1 Å². The first kappa shape index (κ1) is 23.6. The molecule has 2 aromatic heterocycles. The zero-order valence-electron chi connectivity index (χ0n) is 17.0. The molecule has 2 aromatic carbocycles. The summed E-state index contributed by atoms with van der Waals surface area (Å²) in [6.45, 7) is 3.29. The number of rotatable bonds is 3. The maximum absolute atomic E-state index is 13.4. The SMILES string of the molecule is CC(N=[N+]=[N-])c1cc2cccc(F)c2nc1Cl.C[C@@H](O)c1cc2cccc(F)c2nc1Cl. The van der Waals surface area contributed by atoms with E-state index < -0.39 is 23.8 Å². The quantitative estimate of drug-likeness (QED) is 0.144. The highest BCUT2D eigenvalue weighted by Crippen LogP contribution is 2.29. The molecule has 0 radical (unpaired) electrons. The Morgan fingerprint density at radius 3 is 1.84 bits per heavy atom. The molecule has 32 heavy (non-hydrogen) atoms. The summed E-state index contributed by atoms with van der Waals surface area (Å²) in [5.74, 6) is -0.834. The first-order chi connectivity index (χ1) is 15.2. The van der Waals surface area contributed by atoms with Gasteiger partial charge in [-0.1, -0.05) is 59.5 Å². The van der Waals surface area contributed by atoms with Crippen LogP contribution >= 0.6 is 23.2 Å². The summed E-state index contributed by atoms with van der Waals surface area (Å²) in [5, 5.41) is 14.5. The van der Waals surface area contributed by atoms with E-state index in [2.05, 4.69) is 20.0 Å². The number of aliphatic hydroxyl groups is 1. The summed E-state index contributed by atoms with van der Waals surface area (Å²) >= 11 is 11.8. The van der Waals surface area contributed by atoms with Gasteiger partial charge in [-0.3, -0.25) is 0 Å². The van der Waals surface area contributed by atoms with E-state index in [1.54, 1.807) is 50.2 Å². The minimum atomic E-state index is -0.710. The summed E-state index contributed by atoms with van der Waals surface area (Å²) in [7, 11) is 0. The molecule has 164 valence electrons. The lowest BCUT2D eigenvalue weighted by Gasteiger charge is -2.09. The van der Waals surface area contributed by atoms with E-state index in [1.807, 2.05) is 0 Å². The van der Waals surface area contributed by atoms with Crippen LogP contribution < -0.4 is 0 Å². The Morgan fingerprint density at radius 2 is 1.38 bits per heavy atom. The van der Waals surface area contributed by atoms with E-state index in [0.29, 0.717) is 21.9 Å². The van der Waals surface area contributed by atoms with Gasteiger partial charge < -0.3 is 5.11 Å². The second-order valence-electron chi connectivity index (χ2n) is 6.92. The number of aliphatic hydroxyl groups excluding tert-OH is 1. The molecule has 0 aliphatic rings. The number of hydrogen-bond donors (Lipinski definition) is 1. The highest BCUT2D eigenvalue weighted by atomic mass is 35.5. The van der Waals surface area contributed by atoms with Crippen molar-refractivity contribution >= 4 is 45.0 Å². The van der Waals surface area contributed by atoms with E-state index in [4.69, 9.17) is 28.7 Å². The van der Waals surface area contributed by atoms with Crippen LogP contribution in [0.3, 0.4) is 0 Å². The van der Waals surface area contributed by atoms with Crippen molar-refractivity contribution in [2.24, 2.45) is 5.11 Å². The number of aromatic nitrogens is 2. The fourth-order valence-electron chi connectivity index (χ4n) is 3.04. The Labute approximate surface area is 192 Å². The van der Waals surface area contributed by atoms with Crippen LogP contribution in [0.5, 0.6) is 0 Å². The second-order valence-corrected chi connectivity index (χ2v) is 7.63. The van der Waals surface area contributed by atoms with Crippen molar-refractivity contribution in [2.75, 3.05) is 0 Å². The minimum Gasteiger partial charge on any atom is -0.389 e. The number of azide groups is 1. The first-order valence-electron chi connectivity index (χ1n) is 9.44. The molecule has 2 atom stereocenters. The lowest BCUT2D eigenvalue weighted by molar-refractivity contribution is 0.199. The van der Waals surface area contributed by atoms with Gasteiger partial charge in [-0.15, -0.1) is 0 Å². The van der Waals surface area contributed by atoms with Gasteiger partial charge in [0.1, 0.15) is 33.0 Å². The fraction of sp³-hybridized carbons (Fsp3) is 0.182. The number of para-hydroxylation sites is 2. The zero-order valence-corrected chi connectivity index (χ0v) is 18.5. The van der Waals surface area contributed by atoms with Gasteiger partial charge in [0, 0.05) is 21.2 Å². The van der Waals surface area contributed by atoms with Crippen LogP contribution in [-0.4, -0.2) is 15.1 Å². The molecule has 4 rings (SSSR count). The molecule has 0 amide bonds. The van der Waals surface area contributed by atoms with Gasteiger partial charge in [0.25, 0.3) is 0 Å². The third-order valence-electron chi connectivity index (χ3n) is 4.68. The third-order valence-corrected chi connectivity index (χ3v) is 5.28. The molecule has 0 aliphatic heterocycles. The molecule has 1 unspecified atom stereocenters. The molecule has 0 fully saturated rings. The van der Waals surface area contributed by atoms with Gasteiger partial charge in [0.05, 0.1) is 12.1 Å². The van der Waals surface area contributed by atoms with Crippen LogP contribution in [0.15, 0.2) is 53.6 Å². The monoisotopic (exact) mass is 475 g/mol. The Balaban J connectivity index is 0.000000182. The zero-order chi connectivity index (χ0) is 23.4. The van der Waals surface area contributed by atoms with Crippen molar-refractivity contribution in [1.29, 1.82) is 0 Å². The summed E-state index contributed by atoms with van der Waals surface area (Å²) in [5.41, 5.74) is 9.92. The molecular weight excluding hydrogens is 459 g/mol. The molecular formula is C22H17Cl2F2N5O. The molecule has 0 bridgehead atoms. The minimum absolute atomic E-state index is 0.141. The molecule has 0 saturated heterocycles. The maximum atomic E-state index is 13.4. The van der Waals surface area contributed by atoms with E-state index in [-0.39, 0.29) is 21.3 Å². The number of halogens is 4. The van der Waals surface area contributed by atoms with Gasteiger partial charge in [-0.2, -0.15) is 0 Å². The fourth-order valence-corrected chi connectivity index (χ4v) is 3.63. The topological polar surface area (TPSA) is 94.8 Å². The summed E-state index contributed by atoms with van der Waals surface area (Å²) < 4.78 is 26.8. The number of pyridine rings is 2. The Kier molecular flexibility index (Phi) is 7.43. The summed E-state index contributed by atoms with van der Waals surface area (Å²) in [4.78, 5) is 10.6. The van der Waals surface area contributed by atoms with Gasteiger partial charge >= 0.3 is 0 Å². The van der Waals surface area contributed by atoms with Crippen LogP contribution in [0.25, 0.3) is 32.2 Å². The third kappa shape index (κ3) is 5.06. The van der Waals surface area contributed by atoms with Crippen molar-refractivity contribution in [3.63, 3.8) is 0 Å². The molecule has 0 saturated carbocycles. The molecule has 4 aromatic rings. The van der Waals surface area contributed by atoms with Crippen molar-refractivity contribution in [3.8, 4) is 0 Å². The lowest BCUT2D eigenvalue weighted by Crippen LogP contribution is -1.96. The van der Waals surface area contributed by atoms with E-state index in [9.17, 15) is 13.9 Å². The van der Waals surface area contributed by atoms with Crippen LogP contribution in [-0.2, 0) is 0 Å². The molecule has 0 aliphatic carbocycles. The largest absolute Gasteiger partial charge is 0.389 e. The highest BCUT2D eigenvalue weighted by molar-refractivity contribution is 6.31. The van der Waals surface area contributed by atoms with E-state index >= 15 is 0 Å². The predicted octanol–water partition coefficient (Wildman–Crippen LogP) is 7.48. The van der Waals surface area contributed by atoms with Crippen molar-refractivity contribution in [3.05, 3.63) is 92.0 Å². The Bertz CT molecular complexity index is 1340. The highest BCUT2D eigenvalue weighted by Gasteiger charge is 2.13. The standard InChI is InChI=1S/C11H8ClFN4.C11H9ClFNO/c1-6(16-17-14)8-5-7-3-2-4-9(13)10(7)15-11(8)12;1-6(15)8-5-7-3-2-4-9(13)10(7)14-11(8)12/h2-6H,1H3;2-6,15H,1H3/t;6-/m.1/s1. The van der Waals surface area contributed by atoms with Crippen LogP contribution in [0, 0.1) is 11.6 Å². The van der Waals surface area contributed by atoms with Crippen LogP contribution in [0.2, 0.25) is 10.3 Å². The van der Waals surface area contributed by atoms with Crippen molar-refractivity contribution in [1.82, 2.24) is 9.97 Å². The van der Waals surface area contributed by atoms with Gasteiger partial charge in [-0.25, -0.2) is 18.7 Å². The van der Waals surface area contributed by atoms with Gasteiger partial charge in [-0.05, 0) is 42.3 Å². The normalized spacial score (nSPS) is 12.6. The maximum Gasteiger partial charge on any atom is 0.149 e. The number of hydrogen-bond acceptors (Lipinski definition) is 4. The average Bonchev–Trinajstić information content (AvgIpc) is 2.75. The molecule has 0 spiro atoms. The van der Waals surface area contributed by atoms with E-state index in [1.165, 1.54) is 12.1 Å². The summed E-state index contributed by atoms with van der Waals surface area (Å²) in [6, 6.07) is 12.2. The smallest absolute Gasteiger partial charge is 0.149 e. The Morgan fingerprint density at radius 1 is 0.906 bits per heavy atom. The number of nitrogens with zero attached hydrogens (tertiary/aromatic N) is 5. The molecule has 2 heterocycles. The number of fused-ring (bicyclic) bond motifs is 2. The number of benzene rings is 2. The van der Waals surface area contributed by atoms with Crippen molar-refractivity contribution < 1.29 is 13.9 Å². The second kappa shape index (κ2) is 10.1. The Hall–Kier alpha value is -3.03. The van der Waals surface area contributed by atoms with Crippen LogP contribution in [0.4, 0.5) is 8.78 Å². The summed E-state index contributed by atoms with van der Waals surface area (Å²) in [6.07, 6.45) is -0.710. The lowest BCUT2D eigenvalue weighted by atomic mass is 10.1. The predicted molar refractivity (Wildman–Crippen MR) is 122 cm³/mol. The van der Waals surface area contributed by atoms with Crippen molar-refractivity contribution in [2.45, 2.75) is 26.0 Å². The first-order valence-corrected chi connectivity index (χ1v) is 10.2. The molecule has 6 nitrogen and oxygen atoms in total. The average molecular weight is 476 g/mol. The van der Waals surface area contributed by atoms with Gasteiger partial charge in [0.2, 0.25) is 0 Å². The molecule has 1 N–H and O–H groups in total.